The van der Waals surface area contributed by atoms with Gasteiger partial charge in [0.15, 0.2) is 0 Å². The van der Waals surface area contributed by atoms with Crippen molar-refractivity contribution in [3.05, 3.63) is 11.9 Å². The molecule has 0 aromatic carbocycles. The van der Waals surface area contributed by atoms with Gasteiger partial charge in [0.05, 0.1) is 6.54 Å². The summed E-state index contributed by atoms with van der Waals surface area (Å²) in [5.74, 6) is 1.54. The number of amides is 2. The maximum atomic E-state index is 13.0. The van der Waals surface area contributed by atoms with Crippen LogP contribution in [0.15, 0.2) is 11.9 Å². The number of carbonyl (C=O) groups is 1. The van der Waals surface area contributed by atoms with Crippen molar-refractivity contribution in [2.45, 2.75) is 31.7 Å². The van der Waals surface area contributed by atoms with Crippen molar-refractivity contribution in [3.63, 3.8) is 0 Å². The predicted octanol–water partition coefficient (Wildman–Crippen LogP) is 2.05. The molecule has 2 saturated carbocycles. The van der Waals surface area contributed by atoms with E-state index in [1.54, 1.807) is 11.0 Å². The predicted molar refractivity (Wildman–Crippen MR) is 58.5 cm³/mol. The zero-order valence-corrected chi connectivity index (χ0v) is 9.29. The smallest absolute Gasteiger partial charge is 0.318 e. The Kier molecular flexibility index (Phi) is 2.37. The summed E-state index contributed by atoms with van der Waals surface area (Å²) in [7, 11) is 0. The molecular formula is C12H17FN2O. The number of nitrogens with zero attached hydrogens (tertiary/aromatic N) is 1. The number of fused-ring (bicyclic) bond motifs is 1. The number of rotatable bonds is 1. The third-order valence-electron chi connectivity index (χ3n) is 3.97. The van der Waals surface area contributed by atoms with Crippen molar-refractivity contribution in [2.24, 2.45) is 11.8 Å². The summed E-state index contributed by atoms with van der Waals surface area (Å²) in [4.78, 5) is 13.4. The van der Waals surface area contributed by atoms with Crippen molar-refractivity contribution >= 4 is 6.03 Å². The van der Waals surface area contributed by atoms with Crippen LogP contribution in [-0.4, -0.2) is 30.1 Å². The fourth-order valence-corrected chi connectivity index (χ4v) is 2.97. The zero-order chi connectivity index (χ0) is 11.1. The van der Waals surface area contributed by atoms with Gasteiger partial charge in [-0.05, 0) is 43.6 Å². The van der Waals surface area contributed by atoms with Gasteiger partial charge in [0.2, 0.25) is 0 Å². The van der Waals surface area contributed by atoms with Crippen LogP contribution >= 0.6 is 0 Å². The van der Waals surface area contributed by atoms with Crippen molar-refractivity contribution in [1.82, 2.24) is 10.2 Å². The molecule has 0 saturated heterocycles. The van der Waals surface area contributed by atoms with E-state index in [0.29, 0.717) is 19.0 Å². The molecule has 2 unspecified atom stereocenters. The fraction of sp³-hybridized carbons (Fsp3) is 0.750. The lowest BCUT2D eigenvalue weighted by molar-refractivity contribution is 0.192. The third-order valence-corrected chi connectivity index (χ3v) is 3.97. The second kappa shape index (κ2) is 3.75. The molecule has 1 N–H and O–H groups in total. The molecule has 2 aliphatic carbocycles. The van der Waals surface area contributed by atoms with Crippen molar-refractivity contribution < 1.29 is 9.18 Å². The van der Waals surface area contributed by atoms with Crippen molar-refractivity contribution in [3.8, 4) is 0 Å². The molecule has 1 aliphatic heterocycles. The molecule has 0 spiro atoms. The average Bonchev–Trinajstić information content (AvgIpc) is 2.86. The molecule has 2 amide bonds. The molecule has 0 bridgehead atoms. The normalized spacial score (nSPS) is 36.7. The number of hydrogen-bond acceptors (Lipinski definition) is 1. The van der Waals surface area contributed by atoms with E-state index in [-0.39, 0.29) is 18.4 Å². The Balaban J connectivity index is 1.51. The molecule has 16 heavy (non-hydrogen) atoms. The molecule has 0 radical (unpaired) electrons. The van der Waals surface area contributed by atoms with Crippen LogP contribution in [0, 0.1) is 11.8 Å². The van der Waals surface area contributed by atoms with Crippen molar-refractivity contribution in [2.75, 3.05) is 13.1 Å². The highest BCUT2D eigenvalue weighted by atomic mass is 19.1. The molecular weight excluding hydrogens is 207 g/mol. The summed E-state index contributed by atoms with van der Waals surface area (Å²) in [5.41, 5.74) is 0. The van der Waals surface area contributed by atoms with Gasteiger partial charge in [0.25, 0.3) is 0 Å². The second-order valence-corrected chi connectivity index (χ2v) is 5.23. The van der Waals surface area contributed by atoms with Gasteiger partial charge in [-0.1, -0.05) is 0 Å². The van der Waals surface area contributed by atoms with Gasteiger partial charge in [-0.25, -0.2) is 9.18 Å². The van der Waals surface area contributed by atoms with E-state index in [2.05, 4.69) is 5.32 Å². The molecule has 3 aliphatic rings. The highest BCUT2D eigenvalue weighted by molar-refractivity contribution is 5.75. The first kappa shape index (κ1) is 10.1. The van der Waals surface area contributed by atoms with Gasteiger partial charge in [0.1, 0.15) is 5.83 Å². The van der Waals surface area contributed by atoms with Crippen LogP contribution in [0.3, 0.4) is 0 Å². The molecule has 1 heterocycles. The Morgan fingerprint density at radius 3 is 2.81 bits per heavy atom. The van der Waals surface area contributed by atoms with Gasteiger partial charge in [-0.3, -0.25) is 0 Å². The van der Waals surface area contributed by atoms with E-state index in [9.17, 15) is 9.18 Å². The standard InChI is InChI=1S/C12H17FN2O/c13-10-2-1-3-15(7-10)12(16)14-11-5-8-4-9(8)6-11/h2,8-9,11H,1,3-7H2,(H,14,16). The highest BCUT2D eigenvalue weighted by Gasteiger charge is 2.46. The number of urea groups is 1. The maximum absolute atomic E-state index is 13.0. The Bertz CT molecular complexity index is 332. The van der Waals surface area contributed by atoms with Gasteiger partial charge in [0, 0.05) is 12.6 Å². The number of hydrogen-bond donors (Lipinski definition) is 1. The third kappa shape index (κ3) is 1.93. The molecule has 4 heteroatoms. The zero-order valence-electron chi connectivity index (χ0n) is 9.29. The van der Waals surface area contributed by atoms with Crippen LogP contribution in [0.4, 0.5) is 9.18 Å². The van der Waals surface area contributed by atoms with E-state index >= 15 is 0 Å². The molecule has 2 atom stereocenters. The van der Waals surface area contributed by atoms with E-state index in [4.69, 9.17) is 0 Å². The number of carbonyl (C=O) groups excluding carboxylic acids is 1. The van der Waals surface area contributed by atoms with E-state index in [0.717, 1.165) is 24.7 Å². The van der Waals surface area contributed by atoms with Crippen LogP contribution in [0.25, 0.3) is 0 Å². The molecule has 0 aromatic heterocycles. The Hall–Kier alpha value is -1.06. The molecule has 3 nitrogen and oxygen atoms in total. The van der Waals surface area contributed by atoms with Gasteiger partial charge in [-0.2, -0.15) is 0 Å². The summed E-state index contributed by atoms with van der Waals surface area (Å²) in [6.07, 6.45) is 5.81. The van der Waals surface area contributed by atoms with E-state index in [1.165, 1.54) is 6.42 Å². The Morgan fingerprint density at radius 1 is 1.38 bits per heavy atom. The van der Waals surface area contributed by atoms with Crippen LogP contribution < -0.4 is 5.32 Å². The summed E-state index contributed by atoms with van der Waals surface area (Å²) in [5, 5.41) is 3.02. The lowest BCUT2D eigenvalue weighted by Crippen LogP contribution is -2.46. The summed E-state index contributed by atoms with van der Waals surface area (Å²) in [6.45, 7) is 0.782. The largest absolute Gasteiger partial charge is 0.335 e. The highest BCUT2D eigenvalue weighted by Crippen LogP contribution is 2.51. The topological polar surface area (TPSA) is 32.3 Å². The first-order valence-corrected chi connectivity index (χ1v) is 6.12. The SMILES string of the molecule is O=C(NC1CC2CC2C1)N1CCC=C(F)C1. The molecule has 2 fully saturated rings. The Labute approximate surface area is 94.7 Å². The first-order valence-electron chi connectivity index (χ1n) is 6.12. The van der Waals surface area contributed by atoms with Crippen LogP contribution in [0.2, 0.25) is 0 Å². The van der Waals surface area contributed by atoms with Crippen LogP contribution in [-0.2, 0) is 0 Å². The number of halogens is 1. The van der Waals surface area contributed by atoms with Gasteiger partial charge >= 0.3 is 6.03 Å². The number of nitrogens with one attached hydrogen (secondary N) is 1. The lowest BCUT2D eigenvalue weighted by atomic mass is 10.1. The fourth-order valence-electron chi connectivity index (χ4n) is 2.97. The van der Waals surface area contributed by atoms with Gasteiger partial charge in [-0.15, -0.1) is 0 Å². The second-order valence-electron chi connectivity index (χ2n) is 5.23. The summed E-state index contributed by atoms with van der Waals surface area (Å²) in [6, 6.07) is 0.250. The molecule has 0 aromatic rings. The Morgan fingerprint density at radius 2 is 2.12 bits per heavy atom. The molecule has 88 valence electrons. The summed E-state index contributed by atoms with van der Waals surface area (Å²) >= 11 is 0. The minimum atomic E-state index is -0.185. The maximum Gasteiger partial charge on any atom is 0.318 e. The van der Waals surface area contributed by atoms with Crippen molar-refractivity contribution in [1.29, 1.82) is 0 Å². The van der Waals surface area contributed by atoms with Gasteiger partial charge < -0.3 is 10.2 Å². The average molecular weight is 224 g/mol. The quantitative estimate of drug-likeness (QED) is 0.726. The minimum Gasteiger partial charge on any atom is -0.335 e. The summed E-state index contributed by atoms with van der Waals surface area (Å²) < 4.78 is 13.0. The van der Waals surface area contributed by atoms with E-state index in [1.807, 2.05) is 0 Å². The monoisotopic (exact) mass is 224 g/mol. The first-order chi connectivity index (χ1) is 7.72. The van der Waals surface area contributed by atoms with Crippen LogP contribution in [0.1, 0.15) is 25.7 Å². The lowest BCUT2D eigenvalue weighted by Gasteiger charge is -2.26. The van der Waals surface area contributed by atoms with E-state index < -0.39 is 0 Å². The minimum absolute atomic E-state index is 0.0884. The molecule has 3 rings (SSSR count). The van der Waals surface area contributed by atoms with Crippen LogP contribution in [0.5, 0.6) is 0 Å².